The van der Waals surface area contributed by atoms with E-state index in [2.05, 4.69) is 20.2 Å². The Balaban J connectivity index is 1.67. The lowest BCUT2D eigenvalue weighted by atomic mass is 10.2. The molecule has 0 unspecified atom stereocenters. The Morgan fingerprint density at radius 1 is 1.32 bits per heavy atom. The van der Waals surface area contributed by atoms with Gasteiger partial charge in [0.05, 0.1) is 31.7 Å². The van der Waals surface area contributed by atoms with Crippen molar-refractivity contribution in [3.8, 4) is 11.5 Å². The lowest BCUT2D eigenvalue weighted by Gasteiger charge is -2.29. The van der Waals surface area contributed by atoms with Crippen LogP contribution in [0, 0.1) is 0 Å². The Kier molecular flexibility index (Phi) is 4.66. The molecule has 0 aliphatic carbocycles. The van der Waals surface area contributed by atoms with Crippen molar-refractivity contribution in [3.05, 3.63) is 35.9 Å². The summed E-state index contributed by atoms with van der Waals surface area (Å²) in [5, 5.41) is 12.3. The number of rotatable bonds is 4. The molecule has 2 aromatic carbocycles. The lowest BCUT2D eigenvalue weighted by Crippen LogP contribution is -2.36. The second-order valence-electron chi connectivity index (χ2n) is 6.42. The van der Waals surface area contributed by atoms with Crippen LogP contribution >= 0.6 is 0 Å². The van der Waals surface area contributed by atoms with Crippen molar-refractivity contribution in [1.29, 1.82) is 0 Å². The molecule has 1 saturated heterocycles. The molecule has 3 aromatic rings. The van der Waals surface area contributed by atoms with Crippen molar-refractivity contribution in [1.82, 2.24) is 9.97 Å². The Morgan fingerprint density at radius 2 is 2.11 bits per heavy atom. The van der Waals surface area contributed by atoms with E-state index in [1.807, 2.05) is 12.1 Å². The summed E-state index contributed by atoms with van der Waals surface area (Å²) in [6, 6.07) is 8.11. The number of benzene rings is 2. The van der Waals surface area contributed by atoms with Crippen LogP contribution in [0.1, 0.15) is 10.4 Å². The summed E-state index contributed by atoms with van der Waals surface area (Å²) in [4.78, 5) is 22.4. The molecule has 0 radical (unpaired) electrons. The van der Waals surface area contributed by atoms with Gasteiger partial charge in [-0.05, 0) is 30.3 Å². The topological polar surface area (TPSA) is 126 Å². The number of methoxy groups -OCH3 is 1. The molecule has 2 heterocycles. The second-order valence-corrected chi connectivity index (χ2v) is 6.42. The Morgan fingerprint density at radius 3 is 2.82 bits per heavy atom. The Bertz CT molecular complexity index is 1030. The molecule has 1 fully saturated rings. The van der Waals surface area contributed by atoms with E-state index in [0.29, 0.717) is 41.5 Å². The highest BCUT2D eigenvalue weighted by atomic mass is 16.5. The number of nitrogens with one attached hydrogen (secondary N) is 2. The van der Waals surface area contributed by atoms with Gasteiger partial charge in [-0.3, -0.25) is 10.1 Å². The van der Waals surface area contributed by atoms with E-state index in [0.717, 1.165) is 18.8 Å². The second kappa shape index (κ2) is 7.28. The number of ether oxygens (including phenoxy) is 2. The van der Waals surface area contributed by atoms with Gasteiger partial charge in [-0.1, -0.05) is 0 Å². The highest BCUT2D eigenvalue weighted by Gasteiger charge is 2.20. The molecule has 1 aliphatic rings. The monoisotopic (exact) mass is 383 g/mol. The molecule has 1 amide bonds. The highest BCUT2D eigenvalue weighted by molar-refractivity contribution is 6.05. The number of carbonyl (C=O) groups is 1. The summed E-state index contributed by atoms with van der Waals surface area (Å²) in [5.74, 6) is 0.470. The number of fused-ring (bicyclic) bond motifs is 1. The molecular weight excluding hydrogens is 362 g/mol. The zero-order valence-electron chi connectivity index (χ0n) is 15.4. The minimum Gasteiger partial charge on any atom is -0.506 e. The first-order valence-corrected chi connectivity index (χ1v) is 8.86. The van der Waals surface area contributed by atoms with Crippen LogP contribution in [-0.2, 0) is 4.74 Å². The van der Waals surface area contributed by atoms with Crippen LogP contribution in [-0.4, -0.2) is 54.4 Å². The van der Waals surface area contributed by atoms with Crippen LogP contribution in [0.5, 0.6) is 11.5 Å². The van der Waals surface area contributed by atoms with Crippen molar-refractivity contribution < 1.29 is 19.4 Å². The Hall–Kier alpha value is -3.46. The van der Waals surface area contributed by atoms with Crippen molar-refractivity contribution in [2.75, 3.05) is 49.4 Å². The number of nitrogens with two attached hydrogens (primary N) is 1. The maximum Gasteiger partial charge on any atom is 0.258 e. The largest absolute Gasteiger partial charge is 0.506 e. The van der Waals surface area contributed by atoms with E-state index in [-0.39, 0.29) is 11.4 Å². The molecule has 0 spiro atoms. The first kappa shape index (κ1) is 17.9. The van der Waals surface area contributed by atoms with E-state index < -0.39 is 5.91 Å². The quantitative estimate of drug-likeness (QED) is 0.401. The maximum atomic E-state index is 12.5. The number of carbonyl (C=O) groups excluding carboxylic acids is 1. The third-order valence-corrected chi connectivity index (χ3v) is 4.68. The number of nitrogen functional groups attached to an aromatic ring is 1. The predicted molar refractivity (Wildman–Crippen MR) is 106 cm³/mol. The van der Waals surface area contributed by atoms with Gasteiger partial charge in [0.2, 0.25) is 5.95 Å². The van der Waals surface area contributed by atoms with E-state index in [9.17, 15) is 9.90 Å². The molecular formula is C19H21N5O4. The van der Waals surface area contributed by atoms with Gasteiger partial charge < -0.3 is 30.2 Å². The normalized spacial score (nSPS) is 14.2. The molecule has 0 atom stereocenters. The van der Waals surface area contributed by atoms with Crippen molar-refractivity contribution in [3.63, 3.8) is 0 Å². The summed E-state index contributed by atoms with van der Waals surface area (Å²) < 4.78 is 10.9. The van der Waals surface area contributed by atoms with E-state index in [1.54, 1.807) is 7.11 Å². The van der Waals surface area contributed by atoms with Gasteiger partial charge in [0.15, 0.2) is 0 Å². The smallest absolute Gasteiger partial charge is 0.258 e. The van der Waals surface area contributed by atoms with Crippen LogP contribution < -0.4 is 20.7 Å². The minimum absolute atomic E-state index is 0.0693. The predicted octanol–water partition coefficient (Wildman–Crippen LogP) is 1.95. The van der Waals surface area contributed by atoms with Gasteiger partial charge in [0.1, 0.15) is 22.5 Å². The number of aromatic amines is 1. The number of hydrogen-bond acceptors (Lipinski definition) is 7. The number of H-pyrrole nitrogens is 1. The highest BCUT2D eigenvalue weighted by Crippen LogP contribution is 2.33. The van der Waals surface area contributed by atoms with Crippen LogP contribution in [0.4, 0.5) is 17.3 Å². The molecule has 4 rings (SSSR count). The molecule has 9 nitrogen and oxygen atoms in total. The van der Waals surface area contributed by atoms with Gasteiger partial charge in [0, 0.05) is 18.7 Å². The minimum atomic E-state index is -0.391. The maximum absolute atomic E-state index is 12.5. The molecule has 9 heteroatoms. The lowest BCUT2D eigenvalue weighted by molar-refractivity contribution is 0.102. The third-order valence-electron chi connectivity index (χ3n) is 4.68. The number of phenolic OH excluding ortho intramolecular Hbond substituents is 1. The van der Waals surface area contributed by atoms with Crippen molar-refractivity contribution >= 4 is 34.3 Å². The zero-order chi connectivity index (χ0) is 19.7. The molecule has 146 valence electrons. The SMILES string of the molecule is COc1ccc(N2CCOCC2)c2nc(NC(=O)c3ccc(O)c(N)c3)[nH]c12. The number of aromatic nitrogens is 2. The number of anilines is 3. The molecule has 0 saturated carbocycles. The van der Waals surface area contributed by atoms with Crippen LogP contribution in [0.25, 0.3) is 11.0 Å². The molecule has 5 N–H and O–H groups in total. The molecule has 0 bridgehead atoms. The van der Waals surface area contributed by atoms with Crippen LogP contribution in [0.3, 0.4) is 0 Å². The summed E-state index contributed by atoms with van der Waals surface area (Å²) in [7, 11) is 1.58. The molecule has 28 heavy (non-hydrogen) atoms. The number of aromatic hydroxyl groups is 1. The fourth-order valence-electron chi connectivity index (χ4n) is 3.22. The van der Waals surface area contributed by atoms with E-state index in [1.165, 1.54) is 18.2 Å². The summed E-state index contributed by atoms with van der Waals surface area (Å²) in [6.07, 6.45) is 0. The number of morpholine rings is 1. The van der Waals surface area contributed by atoms with Gasteiger partial charge in [-0.25, -0.2) is 4.98 Å². The fraction of sp³-hybridized carbons (Fsp3) is 0.263. The van der Waals surface area contributed by atoms with Gasteiger partial charge in [-0.2, -0.15) is 0 Å². The van der Waals surface area contributed by atoms with Gasteiger partial charge >= 0.3 is 0 Å². The summed E-state index contributed by atoms with van der Waals surface area (Å²) in [6.45, 7) is 2.85. The van der Waals surface area contributed by atoms with Crippen LogP contribution in [0.15, 0.2) is 30.3 Å². The van der Waals surface area contributed by atoms with Gasteiger partial charge in [-0.15, -0.1) is 0 Å². The summed E-state index contributed by atoms with van der Waals surface area (Å²) in [5.41, 5.74) is 8.48. The average Bonchev–Trinajstić information content (AvgIpc) is 3.13. The standard InChI is InChI=1S/C19H21N5O4/c1-27-15-5-3-13(24-6-8-28-9-7-24)16-17(15)22-19(21-16)23-18(26)11-2-4-14(25)12(20)10-11/h2-5,10,25H,6-9,20H2,1H3,(H2,21,22,23,26). The van der Waals surface area contributed by atoms with E-state index >= 15 is 0 Å². The fourth-order valence-corrected chi connectivity index (χ4v) is 3.22. The number of amides is 1. The van der Waals surface area contributed by atoms with Crippen molar-refractivity contribution in [2.24, 2.45) is 0 Å². The zero-order valence-corrected chi connectivity index (χ0v) is 15.4. The number of hydrogen-bond donors (Lipinski definition) is 4. The molecule has 1 aliphatic heterocycles. The number of nitrogens with zero attached hydrogens (tertiary/aromatic N) is 2. The van der Waals surface area contributed by atoms with Crippen molar-refractivity contribution in [2.45, 2.75) is 0 Å². The molecule has 1 aromatic heterocycles. The number of imidazole rings is 1. The number of phenols is 1. The summed E-state index contributed by atoms with van der Waals surface area (Å²) >= 11 is 0. The van der Waals surface area contributed by atoms with Crippen LogP contribution in [0.2, 0.25) is 0 Å². The first-order valence-electron chi connectivity index (χ1n) is 8.86. The van der Waals surface area contributed by atoms with E-state index in [4.69, 9.17) is 15.2 Å². The van der Waals surface area contributed by atoms with Gasteiger partial charge in [0.25, 0.3) is 5.91 Å². The first-order chi connectivity index (χ1) is 13.6. The Labute approximate surface area is 161 Å². The third kappa shape index (κ3) is 3.27. The average molecular weight is 383 g/mol.